The van der Waals surface area contributed by atoms with E-state index in [0.717, 1.165) is 69.2 Å². The molecule has 0 fully saturated rings. The number of azo groups is 1. The highest BCUT2D eigenvalue weighted by Crippen LogP contribution is 2.17. The van der Waals surface area contributed by atoms with Crippen molar-refractivity contribution < 1.29 is 9.76 Å². The fraction of sp³-hybridized carbons (Fsp3) is 0.186. The lowest BCUT2D eigenvalue weighted by Gasteiger charge is -2.06. The predicted octanol–water partition coefficient (Wildman–Crippen LogP) is 9.13. The Kier molecular flexibility index (Phi) is 19.3. The fourth-order valence-corrected chi connectivity index (χ4v) is 4.10. The number of nitrogens with two attached hydrogens (primary N) is 2. The summed E-state index contributed by atoms with van der Waals surface area (Å²) in [5, 5.41) is 21.5. The van der Waals surface area contributed by atoms with Gasteiger partial charge in [0.1, 0.15) is 17.6 Å². The number of nitrogen functional groups attached to an aromatic ring is 1. The molecule has 59 heavy (non-hydrogen) atoms. The Hall–Kier alpha value is -7.59. The Morgan fingerprint density at radius 2 is 0.983 bits per heavy atom. The maximum atomic E-state index is 10.1. The van der Waals surface area contributed by atoms with Crippen molar-refractivity contribution in [2.45, 2.75) is 55.0 Å². The third-order valence-electron chi connectivity index (χ3n) is 7.51. The van der Waals surface area contributed by atoms with Crippen LogP contribution in [0.4, 0.5) is 28.4 Å². The van der Waals surface area contributed by atoms with E-state index in [2.05, 4.69) is 61.3 Å². The molecule has 0 spiro atoms. The largest absolute Gasteiger partial charge is 0.410 e. The molecule has 304 valence electrons. The smallest absolute Gasteiger partial charge is 0.287 e. The Bertz CT molecular complexity index is 2160. The third kappa shape index (κ3) is 19.2. The first-order valence-electron chi connectivity index (χ1n) is 18.2. The van der Waals surface area contributed by atoms with E-state index < -0.39 is 4.92 Å². The molecule has 7 rings (SSSR count). The van der Waals surface area contributed by atoms with Gasteiger partial charge < -0.3 is 15.9 Å². The Morgan fingerprint density at radius 3 is 1.34 bits per heavy atom. The summed E-state index contributed by atoms with van der Waals surface area (Å²) in [6.07, 6.45) is 11.6. The summed E-state index contributed by atoms with van der Waals surface area (Å²) >= 11 is 0. The Labute approximate surface area is 344 Å². The van der Waals surface area contributed by atoms with E-state index in [1.54, 1.807) is 43.8 Å². The van der Waals surface area contributed by atoms with Crippen molar-refractivity contribution >= 4 is 28.4 Å². The molecule has 7 heterocycles. The monoisotopic (exact) mass is 795 g/mol. The molecule has 7 aromatic heterocycles. The molecule has 0 saturated carbocycles. The van der Waals surface area contributed by atoms with Crippen molar-refractivity contribution in [3.05, 3.63) is 184 Å². The number of anilines is 2. The van der Waals surface area contributed by atoms with Crippen LogP contribution in [0.5, 0.6) is 5.75 Å². The van der Waals surface area contributed by atoms with Gasteiger partial charge in [0.05, 0.1) is 47.3 Å². The third-order valence-corrected chi connectivity index (χ3v) is 7.51. The lowest BCUT2D eigenvalue weighted by atomic mass is 10.2. The van der Waals surface area contributed by atoms with Gasteiger partial charge in [0, 0.05) is 58.7 Å². The van der Waals surface area contributed by atoms with Gasteiger partial charge in [-0.05, 0) is 127 Å². The number of hydrogen-bond acceptors (Lipinski definition) is 15. The SMILES string of the molecule is Cc1ccc(CNc2ccc(C)nc2)cn1.Cc1ccc(N)cn1.Cc1ccc(N=Nc2ccc(C)nc2)cn1.Cc1ccc(ON)cn1.Cc1ccc([N+](=O)[O-])cn1. The average molecular weight is 796 g/mol. The van der Waals surface area contributed by atoms with Gasteiger partial charge >= 0.3 is 0 Å². The average Bonchev–Trinajstić information content (AvgIpc) is 3.24. The number of aromatic nitrogens is 7. The van der Waals surface area contributed by atoms with E-state index in [9.17, 15) is 10.1 Å². The van der Waals surface area contributed by atoms with Crippen LogP contribution in [0.15, 0.2) is 139 Å². The predicted molar refractivity (Wildman–Crippen MR) is 230 cm³/mol. The Balaban J connectivity index is 0.000000203. The molecule has 5 N–H and O–H groups in total. The van der Waals surface area contributed by atoms with Gasteiger partial charge in [0.25, 0.3) is 5.69 Å². The summed E-state index contributed by atoms with van der Waals surface area (Å²) in [4.78, 5) is 42.4. The zero-order chi connectivity index (χ0) is 43.0. The summed E-state index contributed by atoms with van der Waals surface area (Å²) in [5.74, 6) is 5.44. The van der Waals surface area contributed by atoms with Gasteiger partial charge in [-0.25, -0.2) is 0 Å². The number of nitrogens with one attached hydrogen (secondary N) is 1. The lowest BCUT2D eigenvalue weighted by Crippen LogP contribution is -2.01. The van der Waals surface area contributed by atoms with Crippen LogP contribution in [0.25, 0.3) is 0 Å². The fourth-order valence-electron chi connectivity index (χ4n) is 4.10. The molecule has 0 radical (unpaired) electrons. The van der Waals surface area contributed by atoms with Crippen LogP contribution in [0, 0.1) is 58.6 Å². The van der Waals surface area contributed by atoms with Crippen LogP contribution in [-0.2, 0) is 6.54 Å². The van der Waals surface area contributed by atoms with Gasteiger partial charge in [-0.1, -0.05) is 6.07 Å². The molecule has 0 unspecified atom stereocenters. The number of rotatable bonds is 7. The zero-order valence-electron chi connectivity index (χ0n) is 34.2. The van der Waals surface area contributed by atoms with Crippen molar-refractivity contribution in [3.8, 4) is 5.75 Å². The topological polar surface area (TPSA) is 231 Å². The van der Waals surface area contributed by atoms with Crippen LogP contribution >= 0.6 is 0 Å². The zero-order valence-corrected chi connectivity index (χ0v) is 34.2. The van der Waals surface area contributed by atoms with E-state index in [4.69, 9.17) is 11.6 Å². The minimum Gasteiger partial charge on any atom is -0.410 e. The van der Waals surface area contributed by atoms with Crippen molar-refractivity contribution in [3.63, 3.8) is 0 Å². The number of hydrogen-bond donors (Lipinski definition) is 3. The summed E-state index contributed by atoms with van der Waals surface area (Å²) in [5.41, 5.74) is 16.6. The lowest BCUT2D eigenvalue weighted by molar-refractivity contribution is -0.385. The number of aryl methyl sites for hydroxylation is 7. The summed E-state index contributed by atoms with van der Waals surface area (Å²) in [6, 6.07) is 26.1. The molecule has 0 bridgehead atoms. The van der Waals surface area contributed by atoms with Gasteiger partial charge in [-0.2, -0.15) is 5.90 Å². The number of nitrogens with zero attached hydrogens (tertiary/aromatic N) is 10. The van der Waals surface area contributed by atoms with Crippen LogP contribution in [0.1, 0.15) is 45.4 Å². The minimum absolute atomic E-state index is 0.0330. The van der Waals surface area contributed by atoms with E-state index in [1.165, 1.54) is 17.8 Å². The highest BCUT2D eigenvalue weighted by molar-refractivity contribution is 5.41. The van der Waals surface area contributed by atoms with Gasteiger partial charge in [0.2, 0.25) is 0 Å². The molecular weight excluding hydrogens is 747 g/mol. The van der Waals surface area contributed by atoms with E-state index >= 15 is 0 Å². The van der Waals surface area contributed by atoms with Crippen molar-refractivity contribution in [1.82, 2.24) is 34.9 Å². The van der Waals surface area contributed by atoms with Crippen LogP contribution < -0.4 is 21.8 Å². The summed E-state index contributed by atoms with van der Waals surface area (Å²) in [6.45, 7) is 14.2. The molecule has 0 amide bonds. The second-order valence-corrected chi connectivity index (χ2v) is 12.8. The first-order chi connectivity index (χ1) is 28.3. The molecule has 0 aliphatic rings. The molecule has 0 atom stereocenters. The quantitative estimate of drug-likeness (QED) is 0.0777. The minimum atomic E-state index is -0.466. The van der Waals surface area contributed by atoms with Gasteiger partial charge in [-0.15, -0.1) is 10.2 Å². The first kappa shape index (κ1) is 45.8. The number of pyridine rings is 7. The molecular formula is C43H49N13O3. The van der Waals surface area contributed by atoms with E-state index in [-0.39, 0.29) is 5.69 Å². The molecule has 16 heteroatoms. The van der Waals surface area contributed by atoms with Crippen LogP contribution in [0.2, 0.25) is 0 Å². The van der Waals surface area contributed by atoms with Crippen molar-refractivity contribution in [2.75, 3.05) is 11.1 Å². The second kappa shape index (κ2) is 24.8. The maximum Gasteiger partial charge on any atom is 0.287 e. The highest BCUT2D eigenvalue weighted by atomic mass is 16.6. The van der Waals surface area contributed by atoms with Gasteiger partial charge in [0.15, 0.2) is 5.75 Å². The normalized spacial score (nSPS) is 9.90. The van der Waals surface area contributed by atoms with Crippen LogP contribution in [0.3, 0.4) is 0 Å². The highest BCUT2D eigenvalue weighted by Gasteiger charge is 2.02. The van der Waals surface area contributed by atoms with Crippen molar-refractivity contribution in [2.24, 2.45) is 16.1 Å². The van der Waals surface area contributed by atoms with E-state index in [0.29, 0.717) is 5.75 Å². The second-order valence-electron chi connectivity index (χ2n) is 12.8. The molecule has 16 nitrogen and oxygen atoms in total. The molecule has 0 aliphatic heterocycles. The van der Waals surface area contributed by atoms with E-state index in [1.807, 2.05) is 115 Å². The van der Waals surface area contributed by atoms with Crippen LogP contribution in [-0.4, -0.2) is 39.8 Å². The van der Waals surface area contributed by atoms with Crippen molar-refractivity contribution in [1.29, 1.82) is 0 Å². The van der Waals surface area contributed by atoms with Gasteiger partial charge in [-0.3, -0.25) is 45.0 Å². The first-order valence-corrected chi connectivity index (χ1v) is 18.2. The maximum absolute atomic E-state index is 10.1. The molecule has 0 aliphatic carbocycles. The standard InChI is InChI=1S/C13H15N3.C12H12N4.C6H6N2O2.C6H8N2O.C6H8N2/c1-10-3-5-12(7-14-10)8-16-13-6-4-11(2)15-9-13;1-9-3-5-11(7-13-9)15-16-12-6-4-10(2)14-8-12;1-5-2-3-6(4-7-5)8(9)10;1-5-2-3-6(9-7)4-8-5;1-5-2-3-6(7)4-8-5/h3-7,9,16H,8H2,1-2H3;3-8H,1-2H3;2-4H,1H3;2-4H,7H2,1H3;2-4H,7H2,1H3. The summed E-state index contributed by atoms with van der Waals surface area (Å²) in [7, 11) is 0. The molecule has 0 aromatic carbocycles. The molecule has 0 saturated heterocycles. The number of nitro groups is 1. The Morgan fingerprint density at radius 1 is 0.542 bits per heavy atom. The summed E-state index contributed by atoms with van der Waals surface area (Å²) < 4.78 is 0. The molecule has 7 aromatic rings.